The van der Waals surface area contributed by atoms with Gasteiger partial charge in [-0.2, -0.15) is 0 Å². The molecule has 5 aromatic rings. The summed E-state index contributed by atoms with van der Waals surface area (Å²) in [6, 6.07) is 27.8. The zero-order valence-corrected chi connectivity index (χ0v) is 24.5. The van der Waals surface area contributed by atoms with Crippen LogP contribution in [0.5, 0.6) is 5.75 Å². The Hall–Kier alpha value is -5.23. The molecule has 0 aliphatic carbocycles. The molecule has 0 saturated carbocycles. The zero-order chi connectivity index (χ0) is 30.9. The van der Waals surface area contributed by atoms with Gasteiger partial charge in [-0.1, -0.05) is 54.2 Å². The van der Waals surface area contributed by atoms with Crippen LogP contribution in [0.2, 0.25) is 0 Å². The molecule has 0 saturated heterocycles. The van der Waals surface area contributed by atoms with Crippen molar-refractivity contribution in [1.29, 1.82) is 0 Å². The predicted molar refractivity (Wildman–Crippen MR) is 167 cm³/mol. The number of rotatable bonds is 12. The number of nitro groups is 1. The first-order valence-electron chi connectivity index (χ1n) is 13.8. The Morgan fingerprint density at radius 2 is 1.66 bits per heavy atom. The standard InChI is InChI=1S/C32H29FN6O4S/c1-2-43-28-18-12-25(13-19-28)34-31(40)35-29(20-22-6-4-3-5-7-22)30-36-37-32(44-21-23-8-10-24(33)11-9-23)38(30)26-14-16-27(17-15-26)39(41)42/h3-19,29H,2,20-21H2,1H3,(H2,34,35,40). The molecule has 224 valence electrons. The molecular formula is C32H29FN6O4S. The number of carbonyl (C=O) groups is 1. The van der Waals surface area contributed by atoms with Gasteiger partial charge in [0, 0.05) is 35.7 Å². The Morgan fingerprint density at radius 1 is 0.955 bits per heavy atom. The maximum atomic E-state index is 13.5. The summed E-state index contributed by atoms with van der Waals surface area (Å²) in [6.45, 7) is 2.43. The number of urea groups is 1. The van der Waals surface area contributed by atoms with Gasteiger partial charge >= 0.3 is 6.03 Å². The highest BCUT2D eigenvalue weighted by Crippen LogP contribution is 2.30. The van der Waals surface area contributed by atoms with Gasteiger partial charge in [-0.15, -0.1) is 10.2 Å². The van der Waals surface area contributed by atoms with Gasteiger partial charge in [0.05, 0.1) is 17.6 Å². The third kappa shape index (κ3) is 7.78. The van der Waals surface area contributed by atoms with E-state index in [1.54, 1.807) is 53.1 Å². The number of hydrogen-bond acceptors (Lipinski definition) is 7. The summed E-state index contributed by atoms with van der Waals surface area (Å²) < 4.78 is 20.7. The second-order valence-electron chi connectivity index (χ2n) is 9.66. The number of aromatic nitrogens is 3. The fourth-order valence-electron chi connectivity index (χ4n) is 4.48. The van der Waals surface area contributed by atoms with Crippen molar-refractivity contribution in [2.45, 2.75) is 30.3 Å². The number of thioether (sulfide) groups is 1. The average molecular weight is 613 g/mol. The lowest BCUT2D eigenvalue weighted by molar-refractivity contribution is -0.384. The first-order valence-corrected chi connectivity index (χ1v) is 14.8. The highest BCUT2D eigenvalue weighted by Gasteiger charge is 2.25. The normalized spacial score (nSPS) is 11.5. The summed E-state index contributed by atoms with van der Waals surface area (Å²) in [7, 11) is 0. The van der Waals surface area contributed by atoms with Crippen LogP contribution < -0.4 is 15.4 Å². The number of amides is 2. The SMILES string of the molecule is CCOc1ccc(NC(=O)NC(Cc2ccccc2)c2nnc(SCc3ccc(F)cc3)n2-c2ccc([N+](=O)[O-])cc2)cc1. The second-order valence-corrected chi connectivity index (χ2v) is 10.6. The molecule has 1 aromatic heterocycles. The minimum absolute atomic E-state index is 0.0578. The van der Waals surface area contributed by atoms with Gasteiger partial charge in [0.15, 0.2) is 11.0 Å². The van der Waals surface area contributed by atoms with Crippen molar-refractivity contribution in [2.75, 3.05) is 11.9 Å². The number of non-ortho nitro benzene ring substituents is 1. The molecule has 0 aliphatic heterocycles. The van der Waals surface area contributed by atoms with Crippen LogP contribution in [0.4, 0.5) is 20.6 Å². The van der Waals surface area contributed by atoms with Gasteiger partial charge in [0.1, 0.15) is 11.6 Å². The largest absolute Gasteiger partial charge is 0.494 e. The van der Waals surface area contributed by atoms with Crippen molar-refractivity contribution in [3.63, 3.8) is 0 Å². The van der Waals surface area contributed by atoms with Gasteiger partial charge in [-0.3, -0.25) is 14.7 Å². The number of halogens is 1. The van der Waals surface area contributed by atoms with E-state index in [-0.39, 0.29) is 11.5 Å². The van der Waals surface area contributed by atoms with Crippen molar-refractivity contribution in [3.8, 4) is 11.4 Å². The van der Waals surface area contributed by atoms with Gasteiger partial charge in [0.25, 0.3) is 5.69 Å². The number of carbonyl (C=O) groups excluding carboxylic acids is 1. The van der Waals surface area contributed by atoms with Crippen LogP contribution in [0.25, 0.3) is 5.69 Å². The molecule has 1 atom stereocenters. The summed E-state index contributed by atoms with van der Waals surface area (Å²) >= 11 is 1.38. The number of hydrogen-bond donors (Lipinski definition) is 2. The monoisotopic (exact) mass is 612 g/mol. The van der Waals surface area contributed by atoms with Crippen molar-refractivity contribution in [1.82, 2.24) is 20.1 Å². The predicted octanol–water partition coefficient (Wildman–Crippen LogP) is 7.11. The van der Waals surface area contributed by atoms with E-state index in [4.69, 9.17) is 4.74 Å². The minimum Gasteiger partial charge on any atom is -0.494 e. The lowest BCUT2D eigenvalue weighted by Crippen LogP contribution is -2.35. The van der Waals surface area contributed by atoms with Crippen LogP contribution in [-0.4, -0.2) is 32.3 Å². The van der Waals surface area contributed by atoms with E-state index in [9.17, 15) is 19.3 Å². The molecule has 2 N–H and O–H groups in total. The smallest absolute Gasteiger partial charge is 0.319 e. The molecule has 10 nitrogen and oxygen atoms in total. The number of anilines is 1. The maximum absolute atomic E-state index is 13.5. The van der Waals surface area contributed by atoms with Crippen LogP contribution >= 0.6 is 11.8 Å². The second kappa shape index (κ2) is 14.3. The molecule has 12 heteroatoms. The third-order valence-electron chi connectivity index (χ3n) is 6.58. The molecule has 5 rings (SSSR count). The van der Waals surface area contributed by atoms with E-state index in [1.807, 2.05) is 37.3 Å². The fraction of sp³-hybridized carbons (Fsp3) is 0.156. The Morgan fingerprint density at radius 3 is 2.32 bits per heavy atom. The molecule has 1 unspecified atom stereocenters. The Balaban J connectivity index is 1.48. The number of nitrogens with one attached hydrogen (secondary N) is 2. The quantitative estimate of drug-likeness (QED) is 0.0874. The van der Waals surface area contributed by atoms with Crippen LogP contribution in [0.1, 0.15) is 29.9 Å². The Bertz CT molecular complexity index is 1700. The fourth-order valence-corrected chi connectivity index (χ4v) is 5.39. The van der Waals surface area contributed by atoms with Crippen LogP contribution in [0, 0.1) is 15.9 Å². The summed E-state index contributed by atoms with van der Waals surface area (Å²) in [6.07, 6.45) is 0.394. The molecule has 4 aromatic carbocycles. The molecule has 0 spiro atoms. The summed E-state index contributed by atoms with van der Waals surface area (Å²) in [5, 5.41) is 26.7. The van der Waals surface area contributed by atoms with E-state index in [1.165, 1.54) is 36.0 Å². The van der Waals surface area contributed by atoms with Crippen molar-refractivity contribution < 1.29 is 18.8 Å². The average Bonchev–Trinajstić information content (AvgIpc) is 3.46. The van der Waals surface area contributed by atoms with E-state index in [0.29, 0.717) is 46.9 Å². The minimum atomic E-state index is -0.636. The highest BCUT2D eigenvalue weighted by molar-refractivity contribution is 7.98. The first-order chi connectivity index (χ1) is 21.4. The molecule has 0 fully saturated rings. The molecule has 2 amide bonds. The van der Waals surface area contributed by atoms with Gasteiger partial charge in [-0.25, -0.2) is 9.18 Å². The molecule has 1 heterocycles. The maximum Gasteiger partial charge on any atom is 0.319 e. The summed E-state index contributed by atoms with van der Waals surface area (Å²) in [5.74, 6) is 1.28. The Labute approximate surface area is 257 Å². The van der Waals surface area contributed by atoms with Crippen LogP contribution in [0.15, 0.2) is 108 Å². The molecular weight excluding hydrogens is 583 g/mol. The van der Waals surface area contributed by atoms with E-state index in [0.717, 1.165) is 11.1 Å². The lowest BCUT2D eigenvalue weighted by Gasteiger charge is -2.20. The van der Waals surface area contributed by atoms with Crippen molar-refractivity contribution in [2.24, 2.45) is 0 Å². The first kappa shape index (κ1) is 30.2. The van der Waals surface area contributed by atoms with E-state index in [2.05, 4.69) is 20.8 Å². The van der Waals surface area contributed by atoms with Gasteiger partial charge in [-0.05, 0) is 66.6 Å². The number of ether oxygens (including phenoxy) is 1. The highest BCUT2D eigenvalue weighted by atomic mass is 32.2. The summed E-state index contributed by atoms with van der Waals surface area (Å²) in [4.78, 5) is 24.2. The van der Waals surface area contributed by atoms with Crippen LogP contribution in [-0.2, 0) is 12.2 Å². The third-order valence-corrected chi connectivity index (χ3v) is 7.58. The van der Waals surface area contributed by atoms with E-state index >= 15 is 0 Å². The number of benzene rings is 4. The molecule has 44 heavy (non-hydrogen) atoms. The van der Waals surface area contributed by atoms with E-state index < -0.39 is 17.0 Å². The van der Waals surface area contributed by atoms with Gasteiger partial charge < -0.3 is 15.4 Å². The molecule has 0 aliphatic rings. The molecule has 0 bridgehead atoms. The number of nitrogens with zero attached hydrogens (tertiary/aromatic N) is 4. The van der Waals surface area contributed by atoms with Crippen molar-refractivity contribution in [3.05, 3.63) is 136 Å². The summed E-state index contributed by atoms with van der Waals surface area (Å²) in [5.41, 5.74) is 2.95. The zero-order valence-electron chi connectivity index (χ0n) is 23.7. The number of nitro benzene ring substituents is 1. The van der Waals surface area contributed by atoms with Crippen LogP contribution in [0.3, 0.4) is 0 Å². The van der Waals surface area contributed by atoms with Crippen molar-refractivity contribution >= 4 is 29.2 Å². The lowest BCUT2D eigenvalue weighted by atomic mass is 10.1. The molecule has 0 radical (unpaired) electrons. The topological polar surface area (TPSA) is 124 Å². The van der Waals surface area contributed by atoms with Gasteiger partial charge in [0.2, 0.25) is 0 Å². The Kier molecular flexibility index (Phi) is 9.82.